The molecule has 0 fully saturated rings. The molecule has 0 atom stereocenters. The normalized spacial score (nSPS) is 11.2. The Morgan fingerprint density at radius 1 is 1.14 bits per heavy atom. The number of carboxylic acids is 1. The number of anilines is 1. The van der Waals surface area contributed by atoms with Crippen LogP contribution in [0.5, 0.6) is 11.5 Å². The lowest BCUT2D eigenvalue weighted by atomic mass is 10.1. The number of hydrogen-bond donors (Lipinski definition) is 3. The molecule has 3 rings (SSSR count). The Balaban J connectivity index is 1.90. The van der Waals surface area contributed by atoms with Crippen LogP contribution in [0.1, 0.15) is 10.4 Å². The van der Waals surface area contributed by atoms with Crippen LogP contribution in [-0.2, 0) is 10.0 Å². The molecule has 28 heavy (non-hydrogen) atoms. The number of ether oxygens (including phenoxy) is 1. The van der Waals surface area contributed by atoms with Crippen LogP contribution < -0.4 is 9.46 Å². The van der Waals surface area contributed by atoms with Gasteiger partial charge >= 0.3 is 5.97 Å². The van der Waals surface area contributed by atoms with Gasteiger partial charge in [0.15, 0.2) is 0 Å². The van der Waals surface area contributed by atoms with E-state index in [1.165, 1.54) is 12.1 Å². The summed E-state index contributed by atoms with van der Waals surface area (Å²) in [5, 5.41) is 18.6. The predicted octanol–water partition coefficient (Wildman–Crippen LogP) is 4.28. The highest BCUT2D eigenvalue weighted by molar-refractivity contribution is 7.94. The third-order valence-corrected chi connectivity index (χ3v) is 7.02. The molecule has 7 nitrogen and oxygen atoms in total. The summed E-state index contributed by atoms with van der Waals surface area (Å²) in [5.41, 5.74) is 0.979. The van der Waals surface area contributed by atoms with Gasteiger partial charge in [0.2, 0.25) is 0 Å². The average molecular weight is 440 g/mol. The molecule has 10 heteroatoms. The Hall–Kier alpha value is -2.75. The van der Waals surface area contributed by atoms with Crippen LogP contribution in [0.15, 0.2) is 52.7 Å². The molecule has 0 radical (unpaired) electrons. The molecule has 0 saturated heterocycles. The standard InChI is InChI=1S/C18H14ClNO6S2/c1-26-12-5-2-10(3-6-12)14-9-16(27-17(14)19)28(24,25)20-11-4-7-13(18(22)23)15(21)8-11/h2-9,20-21H,1H3,(H,22,23). The van der Waals surface area contributed by atoms with E-state index in [9.17, 15) is 18.3 Å². The number of carboxylic acid groups (broad SMARTS) is 1. The first-order chi connectivity index (χ1) is 13.2. The number of hydrogen-bond acceptors (Lipinski definition) is 6. The lowest BCUT2D eigenvalue weighted by molar-refractivity contribution is 0.0694. The van der Waals surface area contributed by atoms with E-state index in [1.807, 2.05) is 0 Å². The van der Waals surface area contributed by atoms with Gasteiger partial charge in [-0.3, -0.25) is 4.72 Å². The molecule has 0 aliphatic carbocycles. The molecule has 0 aliphatic heterocycles. The van der Waals surface area contributed by atoms with Crippen molar-refractivity contribution in [2.75, 3.05) is 11.8 Å². The van der Waals surface area contributed by atoms with Crippen molar-refractivity contribution >= 4 is 44.6 Å². The van der Waals surface area contributed by atoms with Crippen molar-refractivity contribution in [2.45, 2.75) is 4.21 Å². The molecule has 0 unspecified atom stereocenters. The van der Waals surface area contributed by atoms with E-state index in [1.54, 1.807) is 31.4 Å². The minimum atomic E-state index is -3.98. The van der Waals surface area contributed by atoms with Gasteiger partial charge in [0.1, 0.15) is 25.6 Å². The quantitative estimate of drug-likeness (QED) is 0.528. The number of carbonyl (C=O) groups is 1. The second kappa shape index (κ2) is 7.70. The zero-order valence-corrected chi connectivity index (χ0v) is 16.7. The van der Waals surface area contributed by atoms with Gasteiger partial charge in [-0.1, -0.05) is 23.7 Å². The Morgan fingerprint density at radius 3 is 2.39 bits per heavy atom. The van der Waals surface area contributed by atoms with Crippen molar-refractivity contribution in [2.24, 2.45) is 0 Å². The maximum atomic E-state index is 12.7. The van der Waals surface area contributed by atoms with Crippen molar-refractivity contribution in [3.63, 3.8) is 0 Å². The Morgan fingerprint density at radius 2 is 1.82 bits per heavy atom. The van der Waals surface area contributed by atoms with E-state index >= 15 is 0 Å². The van der Waals surface area contributed by atoms with E-state index < -0.39 is 21.7 Å². The van der Waals surface area contributed by atoms with E-state index in [2.05, 4.69) is 4.72 Å². The Kier molecular flexibility index (Phi) is 5.50. The molecule has 0 saturated carbocycles. The van der Waals surface area contributed by atoms with E-state index in [0.717, 1.165) is 29.0 Å². The van der Waals surface area contributed by atoms with Gasteiger partial charge in [0, 0.05) is 11.6 Å². The zero-order valence-electron chi connectivity index (χ0n) is 14.3. The summed E-state index contributed by atoms with van der Waals surface area (Å²) < 4.78 is 33.0. The van der Waals surface area contributed by atoms with Gasteiger partial charge in [-0.05, 0) is 35.9 Å². The number of aromatic hydroxyl groups is 1. The largest absolute Gasteiger partial charge is 0.507 e. The fourth-order valence-corrected chi connectivity index (χ4v) is 5.24. The summed E-state index contributed by atoms with van der Waals surface area (Å²) in [6.07, 6.45) is 0. The minimum absolute atomic E-state index is 0.0230. The molecular formula is C18H14ClNO6S2. The first-order valence-corrected chi connectivity index (χ1v) is 10.4. The van der Waals surface area contributed by atoms with Crippen LogP contribution in [0.2, 0.25) is 4.34 Å². The molecule has 3 aromatic rings. The number of sulfonamides is 1. The topological polar surface area (TPSA) is 113 Å². The molecule has 2 aromatic carbocycles. The average Bonchev–Trinajstić information content (AvgIpc) is 3.04. The van der Waals surface area contributed by atoms with Gasteiger partial charge in [0.25, 0.3) is 10.0 Å². The van der Waals surface area contributed by atoms with Gasteiger partial charge in [-0.2, -0.15) is 0 Å². The maximum Gasteiger partial charge on any atom is 0.339 e. The summed E-state index contributed by atoms with van der Waals surface area (Å²) in [6, 6.07) is 11.8. The first kappa shape index (κ1) is 20.0. The second-order valence-electron chi connectivity index (χ2n) is 5.62. The zero-order chi connectivity index (χ0) is 20.5. The molecule has 1 heterocycles. The van der Waals surface area contributed by atoms with Crippen molar-refractivity contribution in [3.8, 4) is 22.6 Å². The Bertz CT molecular complexity index is 1140. The summed E-state index contributed by atoms with van der Waals surface area (Å²) in [4.78, 5) is 10.9. The van der Waals surface area contributed by atoms with Gasteiger partial charge < -0.3 is 14.9 Å². The van der Waals surface area contributed by atoms with Gasteiger partial charge in [0.05, 0.1) is 12.8 Å². The minimum Gasteiger partial charge on any atom is -0.507 e. The molecule has 146 valence electrons. The third-order valence-electron chi connectivity index (χ3n) is 3.81. The number of rotatable bonds is 6. The van der Waals surface area contributed by atoms with E-state index in [-0.39, 0.29) is 15.5 Å². The molecule has 3 N–H and O–H groups in total. The number of halogens is 1. The van der Waals surface area contributed by atoms with Crippen molar-refractivity contribution < 1.29 is 28.2 Å². The SMILES string of the molecule is COc1ccc(-c2cc(S(=O)(=O)Nc3ccc(C(=O)O)c(O)c3)sc2Cl)cc1. The van der Waals surface area contributed by atoms with Gasteiger partial charge in [-0.15, -0.1) is 11.3 Å². The first-order valence-electron chi connectivity index (χ1n) is 7.74. The van der Waals surface area contributed by atoms with Crippen molar-refractivity contribution in [1.82, 2.24) is 0 Å². The van der Waals surface area contributed by atoms with Crippen LogP contribution in [0.25, 0.3) is 11.1 Å². The van der Waals surface area contributed by atoms with E-state index in [0.29, 0.717) is 15.6 Å². The molecular weight excluding hydrogens is 426 g/mol. The smallest absolute Gasteiger partial charge is 0.339 e. The third kappa shape index (κ3) is 4.06. The number of nitrogens with one attached hydrogen (secondary N) is 1. The van der Waals surface area contributed by atoms with Crippen LogP contribution in [0.3, 0.4) is 0 Å². The van der Waals surface area contributed by atoms with Crippen molar-refractivity contribution in [1.29, 1.82) is 0 Å². The number of thiophene rings is 1. The molecule has 0 spiro atoms. The predicted molar refractivity (Wildman–Crippen MR) is 107 cm³/mol. The van der Waals surface area contributed by atoms with Crippen LogP contribution >= 0.6 is 22.9 Å². The fraction of sp³-hybridized carbons (Fsp3) is 0.0556. The number of methoxy groups -OCH3 is 1. The monoisotopic (exact) mass is 439 g/mol. The summed E-state index contributed by atoms with van der Waals surface area (Å²) in [7, 11) is -2.44. The van der Waals surface area contributed by atoms with Crippen LogP contribution in [0.4, 0.5) is 5.69 Å². The maximum absolute atomic E-state index is 12.7. The van der Waals surface area contributed by atoms with E-state index in [4.69, 9.17) is 21.4 Å². The molecule has 0 bridgehead atoms. The fourth-order valence-electron chi connectivity index (χ4n) is 2.43. The highest BCUT2D eigenvalue weighted by atomic mass is 35.5. The molecule has 0 aliphatic rings. The highest BCUT2D eigenvalue weighted by Crippen LogP contribution is 2.39. The summed E-state index contributed by atoms with van der Waals surface area (Å²) >= 11 is 7.12. The molecule has 1 aromatic heterocycles. The second-order valence-corrected chi connectivity index (χ2v) is 9.19. The van der Waals surface area contributed by atoms with Crippen LogP contribution in [0, 0.1) is 0 Å². The highest BCUT2D eigenvalue weighted by Gasteiger charge is 2.21. The Labute approximate surface area is 169 Å². The number of phenols is 1. The summed E-state index contributed by atoms with van der Waals surface area (Å²) in [5.74, 6) is -1.20. The number of aromatic carboxylic acids is 1. The van der Waals surface area contributed by atoms with Gasteiger partial charge in [-0.25, -0.2) is 13.2 Å². The number of benzene rings is 2. The van der Waals surface area contributed by atoms with Crippen molar-refractivity contribution in [3.05, 3.63) is 58.4 Å². The summed E-state index contributed by atoms with van der Waals surface area (Å²) in [6.45, 7) is 0. The lowest BCUT2D eigenvalue weighted by Gasteiger charge is -2.07. The molecule has 0 amide bonds. The lowest BCUT2D eigenvalue weighted by Crippen LogP contribution is -2.11. The van der Waals surface area contributed by atoms with Crippen LogP contribution in [-0.4, -0.2) is 31.7 Å².